The second-order valence-electron chi connectivity index (χ2n) is 6.99. The molecule has 0 radical (unpaired) electrons. The van der Waals surface area contributed by atoms with Gasteiger partial charge in [0, 0.05) is 6.07 Å². The van der Waals surface area contributed by atoms with Crippen LogP contribution in [0.3, 0.4) is 0 Å². The van der Waals surface area contributed by atoms with E-state index in [1.54, 1.807) is 49.4 Å². The van der Waals surface area contributed by atoms with Gasteiger partial charge in [-0.05, 0) is 49.4 Å². The SMILES string of the molecule is COc1ccc(S(=O)(=O)Nc2cccc(-n3c(C)nc4ccccc4c3=O)c2)cc1OC. The van der Waals surface area contributed by atoms with E-state index < -0.39 is 10.0 Å². The van der Waals surface area contributed by atoms with Gasteiger partial charge in [0.05, 0.1) is 41.4 Å². The Bertz CT molecular complexity index is 1480. The number of anilines is 1. The molecular weight excluding hydrogens is 430 g/mol. The first-order valence-electron chi connectivity index (χ1n) is 9.68. The van der Waals surface area contributed by atoms with Gasteiger partial charge in [-0.3, -0.25) is 14.1 Å². The van der Waals surface area contributed by atoms with Crippen molar-refractivity contribution in [3.8, 4) is 17.2 Å². The molecular formula is C23H21N3O5S. The molecule has 0 aliphatic carbocycles. The quantitative estimate of drug-likeness (QED) is 0.482. The van der Waals surface area contributed by atoms with Crippen molar-refractivity contribution in [2.24, 2.45) is 0 Å². The van der Waals surface area contributed by atoms with Crippen LogP contribution in [-0.4, -0.2) is 32.2 Å². The minimum atomic E-state index is -3.91. The van der Waals surface area contributed by atoms with Crippen LogP contribution in [0, 0.1) is 6.92 Å². The number of nitrogens with zero attached hydrogens (tertiary/aromatic N) is 2. The second-order valence-corrected chi connectivity index (χ2v) is 8.67. The van der Waals surface area contributed by atoms with Crippen LogP contribution in [0.5, 0.6) is 11.5 Å². The van der Waals surface area contributed by atoms with Gasteiger partial charge in [-0.1, -0.05) is 18.2 Å². The first-order chi connectivity index (χ1) is 15.3. The first-order valence-corrected chi connectivity index (χ1v) is 11.2. The zero-order valence-corrected chi connectivity index (χ0v) is 18.5. The minimum Gasteiger partial charge on any atom is -0.493 e. The van der Waals surface area contributed by atoms with E-state index in [0.717, 1.165) is 0 Å². The third-order valence-corrected chi connectivity index (χ3v) is 6.34. The number of aromatic nitrogens is 2. The fourth-order valence-corrected chi connectivity index (χ4v) is 4.52. The summed E-state index contributed by atoms with van der Waals surface area (Å²) in [6, 6.07) is 18.0. The molecule has 0 unspecified atom stereocenters. The van der Waals surface area contributed by atoms with Gasteiger partial charge in [0.2, 0.25) is 0 Å². The molecule has 0 spiro atoms. The summed E-state index contributed by atoms with van der Waals surface area (Å²) in [5, 5.41) is 0.481. The average molecular weight is 452 g/mol. The molecule has 8 nitrogen and oxygen atoms in total. The van der Waals surface area contributed by atoms with E-state index >= 15 is 0 Å². The Labute approximate surface area is 185 Å². The van der Waals surface area contributed by atoms with Crippen LogP contribution in [0.25, 0.3) is 16.6 Å². The number of rotatable bonds is 6. The molecule has 0 atom stereocenters. The monoisotopic (exact) mass is 451 g/mol. The van der Waals surface area contributed by atoms with Crippen molar-refractivity contribution in [2.45, 2.75) is 11.8 Å². The normalized spacial score (nSPS) is 11.3. The zero-order valence-electron chi connectivity index (χ0n) is 17.7. The van der Waals surface area contributed by atoms with Gasteiger partial charge < -0.3 is 9.47 Å². The fourth-order valence-electron chi connectivity index (χ4n) is 3.45. The molecule has 0 fully saturated rings. The summed E-state index contributed by atoms with van der Waals surface area (Å²) in [7, 11) is -1.01. The molecule has 0 aliphatic heterocycles. The maximum Gasteiger partial charge on any atom is 0.265 e. The van der Waals surface area contributed by atoms with Crippen molar-refractivity contribution >= 4 is 26.6 Å². The van der Waals surface area contributed by atoms with E-state index in [9.17, 15) is 13.2 Å². The van der Waals surface area contributed by atoms with Crippen molar-refractivity contribution in [3.05, 3.63) is 82.9 Å². The fraction of sp³-hybridized carbons (Fsp3) is 0.130. The summed E-state index contributed by atoms with van der Waals surface area (Å²) in [6.07, 6.45) is 0. The Morgan fingerprint density at radius 3 is 2.41 bits per heavy atom. The highest BCUT2D eigenvalue weighted by molar-refractivity contribution is 7.92. The van der Waals surface area contributed by atoms with Crippen LogP contribution >= 0.6 is 0 Å². The summed E-state index contributed by atoms with van der Waals surface area (Å²) < 4.78 is 40.2. The van der Waals surface area contributed by atoms with Crippen molar-refractivity contribution in [1.29, 1.82) is 0 Å². The number of para-hydroxylation sites is 1. The Morgan fingerprint density at radius 1 is 0.906 bits per heavy atom. The molecule has 4 rings (SSSR count). The molecule has 0 bridgehead atoms. The number of sulfonamides is 1. The minimum absolute atomic E-state index is 0.0151. The summed E-state index contributed by atoms with van der Waals surface area (Å²) in [5.41, 5.74) is 1.18. The lowest BCUT2D eigenvalue weighted by molar-refractivity contribution is 0.354. The summed E-state index contributed by atoms with van der Waals surface area (Å²) in [6.45, 7) is 1.73. The predicted octanol–water partition coefficient (Wildman–Crippen LogP) is 3.51. The first kappa shape index (κ1) is 21.4. The standard InChI is InChI=1S/C23H21N3O5S/c1-15-24-20-10-5-4-9-19(20)23(27)26(15)17-8-6-7-16(13-17)25-32(28,29)18-11-12-21(30-2)22(14-18)31-3/h4-14,25H,1-3H3. The molecule has 9 heteroatoms. The van der Waals surface area contributed by atoms with Crippen molar-refractivity contribution in [1.82, 2.24) is 9.55 Å². The highest BCUT2D eigenvalue weighted by atomic mass is 32.2. The number of aryl methyl sites for hydroxylation is 1. The van der Waals surface area contributed by atoms with E-state index in [1.807, 2.05) is 6.07 Å². The highest BCUT2D eigenvalue weighted by Crippen LogP contribution is 2.30. The number of hydrogen-bond donors (Lipinski definition) is 1. The largest absolute Gasteiger partial charge is 0.493 e. The van der Waals surface area contributed by atoms with E-state index in [4.69, 9.17) is 9.47 Å². The third kappa shape index (κ3) is 3.90. The average Bonchev–Trinajstić information content (AvgIpc) is 2.78. The van der Waals surface area contributed by atoms with Crippen LogP contribution in [0.2, 0.25) is 0 Å². The molecule has 0 saturated carbocycles. The smallest absolute Gasteiger partial charge is 0.265 e. The molecule has 32 heavy (non-hydrogen) atoms. The zero-order chi connectivity index (χ0) is 22.9. The number of nitrogens with one attached hydrogen (secondary N) is 1. The van der Waals surface area contributed by atoms with E-state index in [-0.39, 0.29) is 10.5 Å². The molecule has 1 N–H and O–H groups in total. The van der Waals surface area contributed by atoms with E-state index in [0.29, 0.717) is 39.6 Å². The van der Waals surface area contributed by atoms with Gasteiger partial charge in [0.25, 0.3) is 15.6 Å². The maximum absolute atomic E-state index is 13.1. The highest BCUT2D eigenvalue weighted by Gasteiger charge is 2.18. The van der Waals surface area contributed by atoms with Crippen LogP contribution in [0.1, 0.15) is 5.82 Å². The van der Waals surface area contributed by atoms with Crippen LogP contribution < -0.4 is 19.8 Å². The summed E-state index contributed by atoms with van der Waals surface area (Å²) >= 11 is 0. The van der Waals surface area contributed by atoms with Crippen LogP contribution in [-0.2, 0) is 10.0 Å². The molecule has 1 aromatic heterocycles. The molecule has 4 aromatic rings. The Hall–Kier alpha value is -3.85. The number of hydrogen-bond acceptors (Lipinski definition) is 6. The van der Waals surface area contributed by atoms with Gasteiger partial charge in [0.1, 0.15) is 5.82 Å². The lowest BCUT2D eigenvalue weighted by Crippen LogP contribution is -2.22. The van der Waals surface area contributed by atoms with Gasteiger partial charge in [0.15, 0.2) is 11.5 Å². The number of benzene rings is 3. The lowest BCUT2D eigenvalue weighted by Gasteiger charge is -2.14. The molecule has 0 aliphatic rings. The van der Waals surface area contributed by atoms with Gasteiger partial charge in [-0.15, -0.1) is 0 Å². The van der Waals surface area contributed by atoms with E-state index in [2.05, 4.69) is 9.71 Å². The third-order valence-electron chi connectivity index (χ3n) is 4.97. The Kier molecular flexibility index (Phi) is 5.58. The van der Waals surface area contributed by atoms with Crippen LogP contribution in [0.4, 0.5) is 5.69 Å². The van der Waals surface area contributed by atoms with Crippen molar-refractivity contribution < 1.29 is 17.9 Å². The molecule has 0 saturated heterocycles. The van der Waals surface area contributed by atoms with Gasteiger partial charge >= 0.3 is 0 Å². The molecule has 164 valence electrons. The van der Waals surface area contributed by atoms with E-state index in [1.165, 1.54) is 37.0 Å². The molecule has 1 heterocycles. The van der Waals surface area contributed by atoms with Gasteiger partial charge in [-0.2, -0.15) is 0 Å². The van der Waals surface area contributed by atoms with Crippen molar-refractivity contribution in [2.75, 3.05) is 18.9 Å². The Balaban J connectivity index is 1.73. The lowest BCUT2D eigenvalue weighted by atomic mass is 10.2. The van der Waals surface area contributed by atoms with Crippen LogP contribution in [0.15, 0.2) is 76.4 Å². The maximum atomic E-state index is 13.1. The topological polar surface area (TPSA) is 99.5 Å². The predicted molar refractivity (Wildman–Crippen MR) is 122 cm³/mol. The number of ether oxygens (including phenoxy) is 2. The summed E-state index contributed by atoms with van der Waals surface area (Å²) in [5.74, 6) is 1.22. The van der Waals surface area contributed by atoms with Crippen molar-refractivity contribution in [3.63, 3.8) is 0 Å². The molecule has 0 amide bonds. The summed E-state index contributed by atoms with van der Waals surface area (Å²) in [4.78, 5) is 17.6. The molecule has 3 aromatic carbocycles. The second kappa shape index (κ2) is 8.35. The number of methoxy groups -OCH3 is 2. The number of fused-ring (bicyclic) bond motifs is 1. The Morgan fingerprint density at radius 2 is 1.66 bits per heavy atom. The van der Waals surface area contributed by atoms with Gasteiger partial charge in [-0.25, -0.2) is 13.4 Å².